The number of nitrogens with zero attached hydrogens (tertiary/aromatic N) is 4. The second-order valence-corrected chi connectivity index (χ2v) is 6.22. The van der Waals surface area contributed by atoms with Crippen molar-refractivity contribution in [2.45, 2.75) is 45.7 Å². The van der Waals surface area contributed by atoms with Gasteiger partial charge in [-0.15, -0.1) is 10.2 Å². The molecule has 2 amide bonds. The van der Waals surface area contributed by atoms with Gasteiger partial charge in [0, 0.05) is 20.0 Å². The monoisotopic (exact) mass is 331 g/mol. The van der Waals surface area contributed by atoms with Gasteiger partial charge in [-0.05, 0) is 31.4 Å². The third kappa shape index (κ3) is 3.39. The molecule has 1 aliphatic heterocycles. The van der Waals surface area contributed by atoms with Crippen LogP contribution in [0.1, 0.15) is 36.5 Å². The highest BCUT2D eigenvalue weighted by molar-refractivity contribution is 5.89. The van der Waals surface area contributed by atoms with Crippen LogP contribution in [0.5, 0.6) is 0 Å². The number of urea groups is 1. The maximum absolute atomic E-state index is 14.0. The largest absolute Gasteiger partial charge is 0.322 e. The number of amides is 2. The number of fused-ring (bicyclic) bond motifs is 1. The molecule has 7 heteroatoms. The second-order valence-electron chi connectivity index (χ2n) is 6.22. The third-order valence-electron chi connectivity index (χ3n) is 4.34. The van der Waals surface area contributed by atoms with Crippen molar-refractivity contribution in [2.24, 2.45) is 0 Å². The van der Waals surface area contributed by atoms with Crippen molar-refractivity contribution < 1.29 is 9.18 Å². The second kappa shape index (κ2) is 6.98. The highest BCUT2D eigenvalue weighted by atomic mass is 19.1. The van der Waals surface area contributed by atoms with E-state index in [4.69, 9.17) is 0 Å². The van der Waals surface area contributed by atoms with Crippen LogP contribution in [-0.2, 0) is 19.5 Å². The molecule has 128 valence electrons. The van der Waals surface area contributed by atoms with E-state index in [9.17, 15) is 9.18 Å². The normalized spacial score (nSPS) is 14.0. The topological polar surface area (TPSA) is 63.1 Å². The molecule has 0 saturated carbocycles. The fourth-order valence-corrected chi connectivity index (χ4v) is 2.90. The number of hydrogen-bond acceptors (Lipinski definition) is 3. The van der Waals surface area contributed by atoms with Gasteiger partial charge in [-0.1, -0.05) is 18.6 Å². The molecule has 1 aromatic carbocycles. The Labute approximate surface area is 140 Å². The molecule has 2 heterocycles. The lowest BCUT2D eigenvalue weighted by Gasteiger charge is -2.18. The van der Waals surface area contributed by atoms with Crippen molar-refractivity contribution >= 4 is 11.7 Å². The molecule has 0 atom stereocenters. The molecule has 0 fully saturated rings. The Morgan fingerprint density at radius 3 is 3.00 bits per heavy atom. The number of rotatable bonds is 3. The molecule has 0 unspecified atom stereocenters. The molecule has 1 aliphatic rings. The van der Waals surface area contributed by atoms with Gasteiger partial charge >= 0.3 is 6.03 Å². The number of aryl methyl sites for hydroxylation is 2. The lowest BCUT2D eigenvalue weighted by Crippen LogP contribution is -2.32. The van der Waals surface area contributed by atoms with Crippen molar-refractivity contribution in [1.29, 1.82) is 0 Å². The molecule has 0 bridgehead atoms. The Morgan fingerprint density at radius 1 is 1.33 bits per heavy atom. The van der Waals surface area contributed by atoms with E-state index in [-0.39, 0.29) is 11.7 Å². The number of carbonyl (C=O) groups excluding carboxylic acids is 1. The van der Waals surface area contributed by atoms with Crippen molar-refractivity contribution in [3.05, 3.63) is 41.2 Å². The molecule has 0 aliphatic carbocycles. The first-order chi connectivity index (χ1) is 11.6. The first-order valence-electron chi connectivity index (χ1n) is 8.24. The number of hydrogen-bond donors (Lipinski definition) is 1. The van der Waals surface area contributed by atoms with Gasteiger partial charge in [-0.25, -0.2) is 9.18 Å². The summed E-state index contributed by atoms with van der Waals surface area (Å²) in [6, 6.07) is 4.56. The van der Waals surface area contributed by atoms with Crippen molar-refractivity contribution in [3.63, 3.8) is 0 Å². The predicted octanol–water partition coefficient (Wildman–Crippen LogP) is 3.12. The summed E-state index contributed by atoms with van der Waals surface area (Å²) in [4.78, 5) is 13.8. The quantitative estimate of drug-likeness (QED) is 0.940. The van der Waals surface area contributed by atoms with Crippen LogP contribution in [0.25, 0.3) is 0 Å². The average molecular weight is 331 g/mol. The highest BCUT2D eigenvalue weighted by Gasteiger charge is 2.18. The van der Waals surface area contributed by atoms with E-state index in [1.54, 1.807) is 32.2 Å². The molecule has 6 nitrogen and oxygen atoms in total. The van der Waals surface area contributed by atoms with Crippen LogP contribution in [0.3, 0.4) is 0 Å². The van der Waals surface area contributed by atoms with E-state index in [1.807, 2.05) is 0 Å². The summed E-state index contributed by atoms with van der Waals surface area (Å²) < 4.78 is 16.1. The van der Waals surface area contributed by atoms with Gasteiger partial charge in [-0.3, -0.25) is 0 Å². The minimum Gasteiger partial charge on any atom is -0.320 e. The molecule has 2 aromatic rings. The summed E-state index contributed by atoms with van der Waals surface area (Å²) in [5.41, 5.74) is 0.685. The van der Waals surface area contributed by atoms with E-state index < -0.39 is 5.82 Å². The number of aromatic nitrogens is 3. The lowest BCUT2D eigenvalue weighted by molar-refractivity contribution is 0.218. The van der Waals surface area contributed by atoms with E-state index >= 15 is 0 Å². The van der Waals surface area contributed by atoms with Crippen molar-refractivity contribution in [1.82, 2.24) is 19.7 Å². The molecule has 0 spiro atoms. The minimum atomic E-state index is -0.407. The number of carbonyl (C=O) groups is 1. The van der Waals surface area contributed by atoms with Crippen molar-refractivity contribution in [2.75, 3.05) is 12.4 Å². The van der Waals surface area contributed by atoms with Gasteiger partial charge in [0.2, 0.25) is 0 Å². The summed E-state index contributed by atoms with van der Waals surface area (Å²) in [6.45, 7) is 2.89. The van der Waals surface area contributed by atoms with Gasteiger partial charge in [0.05, 0.1) is 12.2 Å². The van der Waals surface area contributed by atoms with Crippen LogP contribution < -0.4 is 5.32 Å². The SMILES string of the molecule is Cc1cccc(NC(=O)N(C)Cc2nnc3n2CCCCC3)c1F. The van der Waals surface area contributed by atoms with Crippen LogP contribution in [0, 0.1) is 12.7 Å². The van der Waals surface area contributed by atoms with Crippen LogP contribution in [0.15, 0.2) is 18.2 Å². The molecular formula is C17H22FN5O. The highest BCUT2D eigenvalue weighted by Crippen LogP contribution is 2.18. The Balaban J connectivity index is 1.69. The van der Waals surface area contributed by atoms with Crippen LogP contribution in [-0.4, -0.2) is 32.7 Å². The first-order valence-corrected chi connectivity index (χ1v) is 8.24. The smallest absolute Gasteiger partial charge is 0.320 e. The molecule has 0 radical (unpaired) electrons. The predicted molar refractivity (Wildman–Crippen MR) is 89.2 cm³/mol. The summed E-state index contributed by atoms with van der Waals surface area (Å²) in [7, 11) is 1.67. The zero-order valence-electron chi connectivity index (χ0n) is 14.0. The summed E-state index contributed by atoms with van der Waals surface area (Å²) in [5.74, 6) is 1.35. The molecule has 24 heavy (non-hydrogen) atoms. The van der Waals surface area contributed by atoms with Gasteiger partial charge in [0.1, 0.15) is 11.6 Å². The summed E-state index contributed by atoms with van der Waals surface area (Å²) in [5, 5.41) is 11.1. The summed E-state index contributed by atoms with van der Waals surface area (Å²) >= 11 is 0. The first kappa shape index (κ1) is 16.4. The maximum atomic E-state index is 14.0. The fourth-order valence-electron chi connectivity index (χ4n) is 2.90. The zero-order chi connectivity index (χ0) is 17.1. The molecular weight excluding hydrogens is 309 g/mol. The number of benzene rings is 1. The zero-order valence-corrected chi connectivity index (χ0v) is 14.0. The van der Waals surface area contributed by atoms with E-state index in [0.29, 0.717) is 12.1 Å². The number of halogens is 1. The average Bonchev–Trinajstić information content (AvgIpc) is 2.79. The van der Waals surface area contributed by atoms with E-state index in [0.717, 1.165) is 37.5 Å². The van der Waals surface area contributed by atoms with Crippen LogP contribution >= 0.6 is 0 Å². The molecule has 0 saturated heterocycles. The molecule has 1 N–H and O–H groups in total. The number of nitrogens with one attached hydrogen (secondary N) is 1. The van der Waals surface area contributed by atoms with E-state index in [1.165, 1.54) is 11.3 Å². The van der Waals surface area contributed by atoms with Gasteiger partial charge < -0.3 is 14.8 Å². The molecule has 1 aromatic heterocycles. The number of anilines is 1. The van der Waals surface area contributed by atoms with Crippen LogP contribution in [0.2, 0.25) is 0 Å². The van der Waals surface area contributed by atoms with Gasteiger partial charge in [-0.2, -0.15) is 0 Å². The summed E-state index contributed by atoms with van der Waals surface area (Å²) in [6.07, 6.45) is 4.34. The Morgan fingerprint density at radius 2 is 2.17 bits per heavy atom. The van der Waals surface area contributed by atoms with E-state index in [2.05, 4.69) is 20.1 Å². The minimum absolute atomic E-state index is 0.187. The third-order valence-corrected chi connectivity index (χ3v) is 4.34. The Kier molecular flexibility index (Phi) is 4.78. The Hall–Kier alpha value is -2.44. The fraction of sp³-hybridized carbons (Fsp3) is 0.471. The standard InChI is InChI=1S/C17H22FN5O/c1-12-7-6-8-13(16(12)18)19-17(24)22(2)11-15-21-20-14-9-4-3-5-10-23(14)15/h6-8H,3-5,9-11H2,1-2H3,(H,19,24). The van der Waals surface area contributed by atoms with Crippen molar-refractivity contribution in [3.8, 4) is 0 Å². The van der Waals surface area contributed by atoms with Crippen LogP contribution in [0.4, 0.5) is 14.9 Å². The van der Waals surface area contributed by atoms with Gasteiger partial charge in [0.25, 0.3) is 0 Å². The Bertz CT molecular complexity index is 743. The maximum Gasteiger partial charge on any atom is 0.322 e. The lowest BCUT2D eigenvalue weighted by atomic mass is 10.2. The molecule has 3 rings (SSSR count). The van der Waals surface area contributed by atoms with Gasteiger partial charge in [0.15, 0.2) is 5.82 Å².